The maximum Gasteiger partial charge on any atom is 0.191 e. The van der Waals surface area contributed by atoms with Gasteiger partial charge in [-0.05, 0) is 31.9 Å². The van der Waals surface area contributed by atoms with Crippen molar-refractivity contribution < 1.29 is 4.74 Å². The van der Waals surface area contributed by atoms with Crippen LogP contribution in [0, 0.1) is 0 Å². The second kappa shape index (κ2) is 10.4. The Morgan fingerprint density at radius 1 is 1.21 bits per heavy atom. The van der Waals surface area contributed by atoms with Crippen LogP contribution in [0.25, 0.3) is 0 Å². The van der Waals surface area contributed by atoms with E-state index >= 15 is 0 Å². The third-order valence-electron chi connectivity index (χ3n) is 5.24. The molecule has 2 heterocycles. The van der Waals surface area contributed by atoms with Crippen molar-refractivity contribution >= 4 is 5.96 Å². The molecule has 158 valence electrons. The van der Waals surface area contributed by atoms with Gasteiger partial charge in [0.15, 0.2) is 5.96 Å². The average Bonchev–Trinajstić information content (AvgIpc) is 3.24. The van der Waals surface area contributed by atoms with Crippen molar-refractivity contribution in [2.75, 3.05) is 39.4 Å². The number of imidazole rings is 1. The molecule has 0 saturated carbocycles. The number of morpholine rings is 1. The van der Waals surface area contributed by atoms with E-state index in [1.165, 1.54) is 11.1 Å². The van der Waals surface area contributed by atoms with Crippen LogP contribution in [0.4, 0.5) is 0 Å². The fourth-order valence-electron chi connectivity index (χ4n) is 3.51. The number of hydrogen-bond donors (Lipinski definition) is 2. The molecule has 1 saturated heterocycles. The van der Waals surface area contributed by atoms with E-state index < -0.39 is 0 Å². The number of hydrogen-bond acceptors (Lipinski definition) is 4. The lowest BCUT2D eigenvalue weighted by Gasteiger charge is -2.41. The minimum atomic E-state index is 0.0463. The van der Waals surface area contributed by atoms with Crippen LogP contribution in [0.1, 0.15) is 31.9 Å². The minimum absolute atomic E-state index is 0.0463. The molecule has 0 aliphatic carbocycles. The van der Waals surface area contributed by atoms with Gasteiger partial charge in [0.2, 0.25) is 0 Å². The molecule has 0 amide bonds. The van der Waals surface area contributed by atoms with Crippen LogP contribution in [-0.4, -0.2) is 65.3 Å². The van der Waals surface area contributed by atoms with Crippen LogP contribution < -0.4 is 10.6 Å². The first-order chi connectivity index (χ1) is 14.1. The highest BCUT2D eigenvalue weighted by Gasteiger charge is 2.28. The molecule has 2 N–H and O–H groups in total. The predicted octanol–water partition coefficient (Wildman–Crippen LogP) is 2.10. The van der Waals surface area contributed by atoms with Crippen molar-refractivity contribution in [2.24, 2.45) is 4.99 Å². The van der Waals surface area contributed by atoms with Gasteiger partial charge >= 0.3 is 0 Å². The van der Waals surface area contributed by atoms with Gasteiger partial charge in [-0.1, -0.05) is 24.3 Å². The Morgan fingerprint density at radius 2 is 2.00 bits per heavy atom. The number of ether oxygens (including phenoxy) is 1. The molecule has 1 fully saturated rings. The van der Waals surface area contributed by atoms with E-state index in [-0.39, 0.29) is 5.54 Å². The number of nitrogens with zero attached hydrogens (tertiary/aromatic N) is 4. The summed E-state index contributed by atoms with van der Waals surface area (Å²) in [5, 5.41) is 6.89. The van der Waals surface area contributed by atoms with Gasteiger partial charge in [-0.2, -0.15) is 0 Å². The van der Waals surface area contributed by atoms with Gasteiger partial charge < -0.3 is 19.9 Å². The van der Waals surface area contributed by atoms with Crippen molar-refractivity contribution in [1.29, 1.82) is 0 Å². The van der Waals surface area contributed by atoms with E-state index in [1.807, 2.05) is 12.5 Å². The van der Waals surface area contributed by atoms with E-state index in [1.54, 1.807) is 6.20 Å². The average molecular weight is 399 g/mol. The van der Waals surface area contributed by atoms with Gasteiger partial charge in [0, 0.05) is 50.7 Å². The van der Waals surface area contributed by atoms with Gasteiger partial charge in [0.05, 0.1) is 26.1 Å². The molecule has 0 bridgehead atoms. The van der Waals surface area contributed by atoms with E-state index in [0.29, 0.717) is 6.54 Å². The van der Waals surface area contributed by atoms with Gasteiger partial charge in [-0.25, -0.2) is 9.98 Å². The van der Waals surface area contributed by atoms with Crippen molar-refractivity contribution in [2.45, 2.75) is 39.4 Å². The maximum absolute atomic E-state index is 5.49. The first-order valence-electron chi connectivity index (χ1n) is 10.5. The van der Waals surface area contributed by atoms with Gasteiger partial charge in [0.1, 0.15) is 0 Å². The van der Waals surface area contributed by atoms with E-state index in [9.17, 15) is 0 Å². The second-order valence-corrected chi connectivity index (χ2v) is 8.02. The lowest BCUT2D eigenvalue weighted by molar-refractivity contribution is -0.00834. The zero-order valence-corrected chi connectivity index (χ0v) is 17.9. The zero-order valence-electron chi connectivity index (χ0n) is 17.9. The summed E-state index contributed by atoms with van der Waals surface area (Å²) in [5.74, 6) is 0.855. The van der Waals surface area contributed by atoms with Gasteiger partial charge in [-0.3, -0.25) is 4.90 Å². The summed E-state index contributed by atoms with van der Waals surface area (Å²) in [4.78, 5) is 11.4. The van der Waals surface area contributed by atoms with Crippen LogP contribution in [0.2, 0.25) is 0 Å². The highest BCUT2D eigenvalue weighted by molar-refractivity contribution is 5.79. The SMILES string of the molecule is CCNC(=NCc1cccc(Cn2ccnc2)c1)NCC(C)(C)N1CCOCC1. The van der Waals surface area contributed by atoms with E-state index in [2.05, 4.69) is 70.1 Å². The van der Waals surface area contributed by atoms with E-state index in [4.69, 9.17) is 9.73 Å². The highest BCUT2D eigenvalue weighted by Crippen LogP contribution is 2.15. The molecule has 7 heteroatoms. The van der Waals surface area contributed by atoms with Crippen LogP contribution in [0.5, 0.6) is 0 Å². The molecular weight excluding hydrogens is 364 g/mol. The summed E-state index contributed by atoms with van der Waals surface area (Å²) in [6.45, 7) is 13.4. The molecular formula is C22H34N6O. The molecule has 1 aromatic heterocycles. The molecule has 1 aliphatic rings. The predicted molar refractivity (Wildman–Crippen MR) is 117 cm³/mol. The first kappa shape index (κ1) is 21.3. The Kier molecular flexibility index (Phi) is 7.66. The topological polar surface area (TPSA) is 66.7 Å². The minimum Gasteiger partial charge on any atom is -0.379 e. The summed E-state index contributed by atoms with van der Waals surface area (Å²) in [6.07, 6.45) is 5.63. The van der Waals surface area contributed by atoms with Crippen LogP contribution >= 0.6 is 0 Å². The van der Waals surface area contributed by atoms with Crippen LogP contribution in [0.3, 0.4) is 0 Å². The molecule has 7 nitrogen and oxygen atoms in total. The van der Waals surface area contributed by atoms with Gasteiger partial charge in [0.25, 0.3) is 0 Å². The lowest BCUT2D eigenvalue weighted by Crippen LogP contribution is -2.56. The molecule has 29 heavy (non-hydrogen) atoms. The number of rotatable bonds is 8. The standard InChI is InChI=1S/C22H34N6O/c1-4-24-21(26-17-22(2,3)28-10-12-29-13-11-28)25-15-19-6-5-7-20(14-19)16-27-9-8-23-18-27/h5-9,14,18H,4,10-13,15-17H2,1-3H3,(H2,24,25,26). The van der Waals surface area contributed by atoms with Crippen molar-refractivity contribution in [3.63, 3.8) is 0 Å². The summed E-state index contributed by atoms with van der Waals surface area (Å²) >= 11 is 0. The molecule has 2 aromatic rings. The Bertz CT molecular complexity index is 765. The normalized spacial score (nSPS) is 16.0. The maximum atomic E-state index is 5.49. The number of aromatic nitrogens is 2. The van der Waals surface area contributed by atoms with Crippen molar-refractivity contribution in [1.82, 2.24) is 25.1 Å². The first-order valence-corrected chi connectivity index (χ1v) is 10.5. The summed E-state index contributed by atoms with van der Waals surface area (Å²) in [7, 11) is 0. The summed E-state index contributed by atoms with van der Waals surface area (Å²) in [6, 6.07) is 8.58. The van der Waals surface area contributed by atoms with Crippen LogP contribution in [-0.2, 0) is 17.8 Å². The molecule has 1 aromatic carbocycles. The monoisotopic (exact) mass is 398 g/mol. The Labute approximate surface area is 174 Å². The molecule has 0 spiro atoms. The number of nitrogens with one attached hydrogen (secondary N) is 2. The van der Waals surface area contributed by atoms with Crippen LogP contribution in [0.15, 0.2) is 48.0 Å². The van der Waals surface area contributed by atoms with Crippen molar-refractivity contribution in [3.05, 3.63) is 54.1 Å². The second-order valence-electron chi connectivity index (χ2n) is 8.02. The third kappa shape index (κ3) is 6.58. The third-order valence-corrected chi connectivity index (χ3v) is 5.24. The molecule has 1 aliphatic heterocycles. The zero-order chi connectivity index (χ0) is 20.5. The largest absolute Gasteiger partial charge is 0.379 e. The highest BCUT2D eigenvalue weighted by atomic mass is 16.5. The fourth-order valence-corrected chi connectivity index (χ4v) is 3.51. The number of guanidine groups is 1. The number of benzene rings is 1. The van der Waals surface area contributed by atoms with E-state index in [0.717, 1.165) is 51.9 Å². The molecule has 0 atom stereocenters. The van der Waals surface area contributed by atoms with Gasteiger partial charge in [-0.15, -0.1) is 0 Å². The molecule has 0 unspecified atom stereocenters. The Morgan fingerprint density at radius 3 is 2.72 bits per heavy atom. The summed E-state index contributed by atoms with van der Waals surface area (Å²) < 4.78 is 7.56. The Hall–Kier alpha value is -2.38. The molecule has 0 radical (unpaired) electrons. The smallest absolute Gasteiger partial charge is 0.191 e. The summed E-state index contributed by atoms with van der Waals surface area (Å²) in [5.41, 5.74) is 2.50. The lowest BCUT2D eigenvalue weighted by atomic mass is 10.0. The number of aliphatic imine (C=N–C) groups is 1. The Balaban J connectivity index is 1.58. The van der Waals surface area contributed by atoms with Crippen molar-refractivity contribution in [3.8, 4) is 0 Å². The molecule has 3 rings (SSSR count). The quantitative estimate of drug-likeness (QED) is 0.527. The fraction of sp³-hybridized carbons (Fsp3) is 0.545.